The largest absolute Gasteiger partial charge is 0.496 e. The lowest BCUT2D eigenvalue weighted by Crippen LogP contribution is -2.36. The summed E-state index contributed by atoms with van der Waals surface area (Å²) in [5, 5.41) is 6.62. The predicted octanol–water partition coefficient (Wildman–Crippen LogP) is 4.26. The topological polar surface area (TPSA) is 54.9 Å². The Labute approximate surface area is 180 Å². The highest BCUT2D eigenvalue weighted by Gasteiger charge is 2.06. The highest BCUT2D eigenvalue weighted by molar-refractivity contribution is 14.0. The lowest BCUT2D eigenvalue weighted by molar-refractivity contribution is 0.408. The van der Waals surface area contributed by atoms with Crippen LogP contribution in [0.1, 0.15) is 16.7 Å². The van der Waals surface area contributed by atoms with Crippen LogP contribution in [0.2, 0.25) is 0 Å². The van der Waals surface area contributed by atoms with Gasteiger partial charge in [-0.1, -0.05) is 18.2 Å². The Bertz CT molecular complexity index is 754. The molecule has 0 unspecified atom stereocenters. The number of benzene rings is 2. The van der Waals surface area contributed by atoms with Gasteiger partial charge in [0.2, 0.25) is 0 Å². The Morgan fingerprint density at radius 3 is 2.31 bits per heavy atom. The van der Waals surface area contributed by atoms with Gasteiger partial charge in [-0.2, -0.15) is 0 Å². The Morgan fingerprint density at radius 2 is 1.69 bits per heavy atom. The van der Waals surface area contributed by atoms with Crippen LogP contribution in [0.25, 0.3) is 0 Å². The molecule has 0 aliphatic rings. The van der Waals surface area contributed by atoms with E-state index in [0.29, 0.717) is 13.1 Å². The van der Waals surface area contributed by atoms with E-state index in [2.05, 4.69) is 43.7 Å². The maximum absolute atomic E-state index is 5.44. The van der Waals surface area contributed by atoms with Gasteiger partial charge in [-0.05, 0) is 52.2 Å². The van der Waals surface area contributed by atoms with E-state index in [4.69, 9.17) is 9.47 Å². The average molecular weight is 534 g/mol. The fourth-order valence-corrected chi connectivity index (χ4v) is 2.99. The van der Waals surface area contributed by atoms with Crippen LogP contribution in [0.5, 0.6) is 11.5 Å². The second-order valence-electron chi connectivity index (χ2n) is 5.56. The van der Waals surface area contributed by atoms with Gasteiger partial charge < -0.3 is 20.1 Å². The number of nitrogens with zero attached hydrogens (tertiary/aromatic N) is 1. The van der Waals surface area contributed by atoms with Gasteiger partial charge in [0.1, 0.15) is 11.5 Å². The first-order valence-corrected chi connectivity index (χ1v) is 8.77. The number of nitrogens with one attached hydrogen (secondary N) is 2. The van der Waals surface area contributed by atoms with Crippen molar-refractivity contribution in [2.45, 2.75) is 20.0 Å². The standard InChI is InChI=1S/C19H24BrN3O2.HI/c1-13-5-7-15(18(9-13)25-4)12-23-19(21-2)22-11-14-6-8-17(24-3)16(20)10-14;/h5-10H,11-12H2,1-4H3,(H2,21,22,23);1H. The van der Waals surface area contributed by atoms with Crippen molar-refractivity contribution in [2.75, 3.05) is 21.3 Å². The van der Waals surface area contributed by atoms with E-state index < -0.39 is 0 Å². The number of aliphatic imine (C=N–C) groups is 1. The molecule has 0 spiro atoms. The lowest BCUT2D eigenvalue weighted by Gasteiger charge is -2.14. The molecule has 2 N–H and O–H groups in total. The maximum atomic E-state index is 5.44. The van der Waals surface area contributed by atoms with Crippen molar-refractivity contribution >= 4 is 45.9 Å². The summed E-state index contributed by atoms with van der Waals surface area (Å²) in [6.45, 7) is 3.34. The van der Waals surface area contributed by atoms with Gasteiger partial charge in [0.05, 0.1) is 18.7 Å². The minimum absolute atomic E-state index is 0. The van der Waals surface area contributed by atoms with E-state index in [-0.39, 0.29) is 24.0 Å². The van der Waals surface area contributed by atoms with Crippen molar-refractivity contribution in [3.8, 4) is 11.5 Å². The van der Waals surface area contributed by atoms with E-state index in [1.807, 2.05) is 31.2 Å². The number of hydrogen-bond donors (Lipinski definition) is 2. The van der Waals surface area contributed by atoms with E-state index in [1.165, 1.54) is 5.56 Å². The Kier molecular flexibility index (Phi) is 9.79. The van der Waals surface area contributed by atoms with Crippen molar-refractivity contribution in [1.29, 1.82) is 0 Å². The first-order chi connectivity index (χ1) is 12.1. The molecule has 0 aromatic heterocycles. The molecule has 0 amide bonds. The van der Waals surface area contributed by atoms with E-state index >= 15 is 0 Å². The molecule has 0 aliphatic carbocycles. The molecule has 7 heteroatoms. The highest BCUT2D eigenvalue weighted by Crippen LogP contribution is 2.25. The number of hydrogen-bond acceptors (Lipinski definition) is 3. The molecule has 0 radical (unpaired) electrons. The van der Waals surface area contributed by atoms with Gasteiger partial charge in [0.15, 0.2) is 5.96 Å². The molecule has 0 fully saturated rings. The van der Waals surface area contributed by atoms with E-state index in [0.717, 1.165) is 33.1 Å². The summed E-state index contributed by atoms with van der Waals surface area (Å²) in [5.41, 5.74) is 3.39. The molecule has 0 saturated carbocycles. The number of rotatable bonds is 6. The summed E-state index contributed by atoms with van der Waals surface area (Å²) in [4.78, 5) is 4.26. The molecule has 2 aromatic rings. The van der Waals surface area contributed by atoms with Crippen molar-refractivity contribution in [3.63, 3.8) is 0 Å². The second kappa shape index (κ2) is 11.3. The molecular formula is C19H25BrIN3O2. The first kappa shape index (κ1) is 22.6. The number of halogens is 2. The van der Waals surface area contributed by atoms with Crippen LogP contribution in [0.15, 0.2) is 45.9 Å². The summed E-state index contributed by atoms with van der Waals surface area (Å²) in [7, 11) is 5.10. The van der Waals surface area contributed by atoms with Crippen molar-refractivity contribution in [3.05, 3.63) is 57.6 Å². The van der Waals surface area contributed by atoms with Gasteiger partial charge >= 0.3 is 0 Å². The molecule has 0 aliphatic heterocycles. The minimum atomic E-state index is 0. The zero-order valence-corrected chi connectivity index (χ0v) is 19.3. The Balaban J connectivity index is 0.00000338. The highest BCUT2D eigenvalue weighted by atomic mass is 127. The maximum Gasteiger partial charge on any atom is 0.191 e. The van der Waals surface area contributed by atoms with Gasteiger partial charge in [0, 0.05) is 25.7 Å². The number of ether oxygens (including phenoxy) is 2. The third kappa shape index (κ3) is 6.35. The van der Waals surface area contributed by atoms with Gasteiger partial charge in [0.25, 0.3) is 0 Å². The van der Waals surface area contributed by atoms with Crippen molar-refractivity contribution in [1.82, 2.24) is 10.6 Å². The van der Waals surface area contributed by atoms with Gasteiger partial charge in [-0.15, -0.1) is 24.0 Å². The van der Waals surface area contributed by atoms with E-state index in [9.17, 15) is 0 Å². The van der Waals surface area contributed by atoms with Crippen LogP contribution in [-0.4, -0.2) is 27.2 Å². The quantitative estimate of drug-likeness (QED) is 0.331. The molecule has 2 aromatic carbocycles. The first-order valence-electron chi connectivity index (χ1n) is 7.97. The summed E-state index contributed by atoms with van der Waals surface area (Å²) in [5.74, 6) is 2.43. The number of aryl methyl sites for hydroxylation is 1. The monoisotopic (exact) mass is 533 g/mol. The third-order valence-electron chi connectivity index (χ3n) is 3.79. The molecular weight excluding hydrogens is 509 g/mol. The van der Waals surface area contributed by atoms with Crippen LogP contribution < -0.4 is 20.1 Å². The summed E-state index contributed by atoms with van der Waals surface area (Å²) >= 11 is 3.50. The molecule has 0 bridgehead atoms. The van der Waals surface area contributed by atoms with Crippen LogP contribution in [0.3, 0.4) is 0 Å². The molecule has 5 nitrogen and oxygen atoms in total. The molecule has 26 heavy (non-hydrogen) atoms. The molecule has 0 atom stereocenters. The summed E-state index contributed by atoms with van der Waals surface area (Å²) in [6.07, 6.45) is 0. The molecule has 2 rings (SSSR count). The Hall–Kier alpha value is -1.48. The SMILES string of the molecule is CN=C(NCc1ccc(OC)c(Br)c1)NCc1ccc(C)cc1OC.I. The summed E-state index contributed by atoms with van der Waals surface area (Å²) < 4.78 is 11.6. The molecule has 0 saturated heterocycles. The number of guanidine groups is 1. The smallest absolute Gasteiger partial charge is 0.191 e. The normalized spacial score (nSPS) is 10.7. The molecule has 0 heterocycles. The van der Waals surface area contributed by atoms with Crippen LogP contribution in [-0.2, 0) is 13.1 Å². The van der Waals surface area contributed by atoms with Crippen LogP contribution >= 0.6 is 39.9 Å². The summed E-state index contributed by atoms with van der Waals surface area (Å²) in [6, 6.07) is 12.2. The zero-order chi connectivity index (χ0) is 18.2. The lowest BCUT2D eigenvalue weighted by atomic mass is 10.1. The van der Waals surface area contributed by atoms with Gasteiger partial charge in [-0.25, -0.2) is 0 Å². The van der Waals surface area contributed by atoms with Crippen molar-refractivity contribution < 1.29 is 9.47 Å². The number of methoxy groups -OCH3 is 2. The fraction of sp³-hybridized carbons (Fsp3) is 0.316. The predicted molar refractivity (Wildman–Crippen MR) is 121 cm³/mol. The van der Waals surface area contributed by atoms with Gasteiger partial charge in [-0.3, -0.25) is 4.99 Å². The average Bonchev–Trinajstić information content (AvgIpc) is 2.62. The van der Waals surface area contributed by atoms with Crippen LogP contribution in [0.4, 0.5) is 0 Å². The van der Waals surface area contributed by atoms with E-state index in [1.54, 1.807) is 21.3 Å². The zero-order valence-electron chi connectivity index (χ0n) is 15.4. The minimum Gasteiger partial charge on any atom is -0.496 e. The fourth-order valence-electron chi connectivity index (χ4n) is 2.40. The third-order valence-corrected chi connectivity index (χ3v) is 4.41. The Morgan fingerprint density at radius 1 is 1.00 bits per heavy atom. The molecule has 142 valence electrons. The second-order valence-corrected chi connectivity index (χ2v) is 6.42. The van der Waals surface area contributed by atoms with Crippen LogP contribution in [0, 0.1) is 6.92 Å². The van der Waals surface area contributed by atoms with Crippen molar-refractivity contribution in [2.24, 2.45) is 4.99 Å².